The van der Waals surface area contributed by atoms with Gasteiger partial charge in [-0.3, -0.25) is 9.67 Å². The van der Waals surface area contributed by atoms with E-state index in [4.69, 9.17) is 4.74 Å². The van der Waals surface area contributed by atoms with Gasteiger partial charge in [0.2, 0.25) is 0 Å². The minimum absolute atomic E-state index is 0.593. The van der Waals surface area contributed by atoms with Gasteiger partial charge < -0.3 is 15.4 Å². The molecule has 2 aromatic rings. The highest BCUT2D eigenvalue weighted by Gasteiger charge is 2.02. The quantitative estimate of drug-likeness (QED) is 0.433. The van der Waals surface area contributed by atoms with Crippen LogP contribution in [0.15, 0.2) is 29.3 Å². The van der Waals surface area contributed by atoms with Gasteiger partial charge in [0, 0.05) is 25.8 Å². The summed E-state index contributed by atoms with van der Waals surface area (Å²) in [5.74, 6) is 1.71. The molecule has 0 saturated carbocycles. The van der Waals surface area contributed by atoms with Crippen LogP contribution in [0.25, 0.3) is 0 Å². The van der Waals surface area contributed by atoms with Gasteiger partial charge >= 0.3 is 0 Å². The molecular formula is C20H31N5O. The van der Waals surface area contributed by atoms with Gasteiger partial charge in [0.15, 0.2) is 5.96 Å². The SMILES string of the molecule is CN=C(NCCCn1nc(C)cc1C)NCCOc1cc(C)cc(C)c1. The number of aryl methyl sites for hydroxylation is 5. The van der Waals surface area contributed by atoms with Crippen LogP contribution in [0, 0.1) is 27.7 Å². The Morgan fingerprint density at radius 1 is 1.04 bits per heavy atom. The number of rotatable bonds is 8. The molecule has 26 heavy (non-hydrogen) atoms. The molecular weight excluding hydrogens is 326 g/mol. The number of nitrogens with zero attached hydrogens (tertiary/aromatic N) is 3. The Labute approximate surface area is 156 Å². The van der Waals surface area contributed by atoms with Crippen LogP contribution in [0.2, 0.25) is 0 Å². The molecule has 0 amide bonds. The van der Waals surface area contributed by atoms with Crippen molar-refractivity contribution < 1.29 is 4.74 Å². The van der Waals surface area contributed by atoms with Gasteiger partial charge in [-0.15, -0.1) is 0 Å². The second-order valence-corrected chi connectivity index (χ2v) is 6.60. The zero-order valence-corrected chi connectivity index (χ0v) is 16.6. The molecule has 0 aliphatic carbocycles. The van der Waals surface area contributed by atoms with Crippen LogP contribution in [0.3, 0.4) is 0 Å². The van der Waals surface area contributed by atoms with E-state index in [-0.39, 0.29) is 0 Å². The number of hydrogen-bond donors (Lipinski definition) is 2. The van der Waals surface area contributed by atoms with E-state index >= 15 is 0 Å². The Bertz CT molecular complexity index is 716. The fourth-order valence-electron chi connectivity index (χ4n) is 2.91. The molecule has 0 atom stereocenters. The molecule has 2 N–H and O–H groups in total. The summed E-state index contributed by atoms with van der Waals surface area (Å²) in [6.07, 6.45) is 0.988. The molecule has 0 radical (unpaired) electrons. The molecule has 1 aromatic heterocycles. The number of ether oxygens (including phenoxy) is 1. The first-order chi connectivity index (χ1) is 12.5. The molecule has 2 rings (SSSR count). The lowest BCUT2D eigenvalue weighted by molar-refractivity contribution is 0.321. The summed E-state index contributed by atoms with van der Waals surface area (Å²) in [5.41, 5.74) is 4.70. The zero-order valence-electron chi connectivity index (χ0n) is 16.6. The third-order valence-corrected chi connectivity index (χ3v) is 4.02. The summed E-state index contributed by atoms with van der Waals surface area (Å²) in [6, 6.07) is 8.35. The molecule has 6 nitrogen and oxygen atoms in total. The smallest absolute Gasteiger partial charge is 0.191 e. The number of nitrogens with one attached hydrogen (secondary N) is 2. The minimum atomic E-state index is 0.593. The van der Waals surface area contributed by atoms with Crippen LogP contribution in [0.5, 0.6) is 5.75 Å². The Morgan fingerprint density at radius 3 is 2.35 bits per heavy atom. The van der Waals surface area contributed by atoms with Crippen molar-refractivity contribution in [2.24, 2.45) is 4.99 Å². The van der Waals surface area contributed by atoms with Crippen molar-refractivity contribution in [3.63, 3.8) is 0 Å². The summed E-state index contributed by atoms with van der Waals surface area (Å²) in [5, 5.41) is 11.1. The first-order valence-corrected chi connectivity index (χ1v) is 9.14. The van der Waals surface area contributed by atoms with E-state index < -0.39 is 0 Å². The molecule has 0 fully saturated rings. The topological polar surface area (TPSA) is 63.5 Å². The minimum Gasteiger partial charge on any atom is -0.492 e. The lowest BCUT2D eigenvalue weighted by Gasteiger charge is -2.13. The van der Waals surface area contributed by atoms with Crippen molar-refractivity contribution in [1.29, 1.82) is 0 Å². The summed E-state index contributed by atoms with van der Waals surface area (Å²) in [4.78, 5) is 4.24. The summed E-state index contributed by atoms with van der Waals surface area (Å²) >= 11 is 0. The summed E-state index contributed by atoms with van der Waals surface area (Å²) < 4.78 is 7.85. The van der Waals surface area contributed by atoms with Crippen molar-refractivity contribution >= 4 is 5.96 Å². The molecule has 6 heteroatoms. The molecule has 142 valence electrons. The van der Waals surface area contributed by atoms with E-state index in [1.54, 1.807) is 7.05 Å². The molecule has 0 saturated heterocycles. The van der Waals surface area contributed by atoms with Gasteiger partial charge in [0.05, 0.1) is 12.2 Å². The first kappa shape index (κ1) is 19.8. The number of aliphatic imine (C=N–C) groups is 1. The highest BCUT2D eigenvalue weighted by molar-refractivity contribution is 5.79. The second-order valence-electron chi connectivity index (χ2n) is 6.60. The van der Waals surface area contributed by atoms with Crippen LogP contribution < -0.4 is 15.4 Å². The van der Waals surface area contributed by atoms with Gasteiger partial charge in [-0.2, -0.15) is 5.10 Å². The van der Waals surface area contributed by atoms with Gasteiger partial charge in [-0.05, 0) is 63.4 Å². The van der Waals surface area contributed by atoms with E-state index in [9.17, 15) is 0 Å². The maximum absolute atomic E-state index is 5.80. The van der Waals surface area contributed by atoms with Crippen LogP contribution in [0.1, 0.15) is 28.9 Å². The van der Waals surface area contributed by atoms with Crippen molar-refractivity contribution in [2.75, 3.05) is 26.7 Å². The van der Waals surface area contributed by atoms with Crippen molar-refractivity contribution in [3.05, 3.63) is 46.8 Å². The Balaban J connectivity index is 1.64. The van der Waals surface area contributed by atoms with Crippen LogP contribution in [-0.2, 0) is 6.54 Å². The normalized spacial score (nSPS) is 11.5. The lowest BCUT2D eigenvalue weighted by atomic mass is 10.1. The number of aromatic nitrogens is 2. The summed E-state index contributed by atoms with van der Waals surface area (Å²) in [6.45, 7) is 11.3. The molecule has 0 aliphatic heterocycles. The molecule has 0 aliphatic rings. The van der Waals surface area contributed by atoms with Crippen LogP contribution >= 0.6 is 0 Å². The van der Waals surface area contributed by atoms with Gasteiger partial charge in [-0.25, -0.2) is 0 Å². The van der Waals surface area contributed by atoms with Gasteiger partial charge in [-0.1, -0.05) is 6.07 Å². The molecule has 1 heterocycles. The van der Waals surface area contributed by atoms with Gasteiger partial charge in [0.25, 0.3) is 0 Å². The van der Waals surface area contributed by atoms with E-state index in [1.165, 1.54) is 16.8 Å². The predicted molar refractivity (Wildman–Crippen MR) is 107 cm³/mol. The van der Waals surface area contributed by atoms with Gasteiger partial charge in [0.1, 0.15) is 12.4 Å². The van der Waals surface area contributed by atoms with Crippen LogP contribution in [-0.4, -0.2) is 42.5 Å². The fourth-order valence-corrected chi connectivity index (χ4v) is 2.91. The molecule has 1 aromatic carbocycles. The first-order valence-electron chi connectivity index (χ1n) is 9.14. The molecule has 0 bridgehead atoms. The Morgan fingerprint density at radius 2 is 1.73 bits per heavy atom. The average Bonchev–Trinajstić information content (AvgIpc) is 2.90. The van der Waals surface area contributed by atoms with E-state index in [2.05, 4.69) is 65.8 Å². The maximum Gasteiger partial charge on any atom is 0.191 e. The maximum atomic E-state index is 5.80. The van der Waals surface area contributed by atoms with E-state index in [0.29, 0.717) is 13.2 Å². The van der Waals surface area contributed by atoms with Crippen LogP contribution in [0.4, 0.5) is 0 Å². The standard InChI is InChI=1S/C20H31N5O/c1-15-11-16(2)13-19(12-15)26-10-8-23-20(21-5)22-7-6-9-25-18(4)14-17(3)24-25/h11-14H,6-10H2,1-5H3,(H2,21,22,23). The summed E-state index contributed by atoms with van der Waals surface area (Å²) in [7, 11) is 1.78. The number of hydrogen-bond acceptors (Lipinski definition) is 3. The number of benzene rings is 1. The fraction of sp³-hybridized carbons (Fsp3) is 0.500. The average molecular weight is 358 g/mol. The van der Waals surface area contributed by atoms with E-state index in [0.717, 1.165) is 36.9 Å². The Hall–Kier alpha value is -2.50. The Kier molecular flexibility index (Phi) is 7.51. The monoisotopic (exact) mass is 357 g/mol. The lowest BCUT2D eigenvalue weighted by Crippen LogP contribution is -2.39. The third kappa shape index (κ3) is 6.43. The van der Waals surface area contributed by atoms with Crippen molar-refractivity contribution in [3.8, 4) is 5.75 Å². The molecule has 0 spiro atoms. The highest BCUT2D eigenvalue weighted by atomic mass is 16.5. The van der Waals surface area contributed by atoms with E-state index in [1.807, 2.05) is 11.6 Å². The highest BCUT2D eigenvalue weighted by Crippen LogP contribution is 2.15. The number of guanidine groups is 1. The molecule has 0 unspecified atom stereocenters. The third-order valence-electron chi connectivity index (χ3n) is 4.02. The predicted octanol–water partition coefficient (Wildman–Crippen LogP) is 2.75. The van der Waals surface area contributed by atoms with Crippen molar-refractivity contribution in [1.82, 2.24) is 20.4 Å². The largest absolute Gasteiger partial charge is 0.492 e. The van der Waals surface area contributed by atoms with Crippen molar-refractivity contribution in [2.45, 2.75) is 40.7 Å². The second kappa shape index (κ2) is 9.85. The zero-order chi connectivity index (χ0) is 18.9.